The smallest absolute Gasteiger partial charge is 0.339 e. The van der Waals surface area contributed by atoms with Gasteiger partial charge in [0.1, 0.15) is 5.56 Å². The average Bonchev–Trinajstić information content (AvgIpc) is 2.39. The van der Waals surface area contributed by atoms with E-state index in [9.17, 15) is 9.90 Å². The number of rotatable bonds is 4. The molecule has 1 aliphatic rings. The van der Waals surface area contributed by atoms with Gasteiger partial charge in [0.05, 0.1) is 10.7 Å². The first-order valence-electron chi connectivity index (χ1n) is 6.40. The van der Waals surface area contributed by atoms with Crippen LogP contribution in [-0.2, 0) is 4.74 Å². The van der Waals surface area contributed by atoms with E-state index in [2.05, 4.69) is 0 Å². The zero-order valence-electron chi connectivity index (χ0n) is 10.9. The zero-order valence-corrected chi connectivity index (χ0v) is 11.7. The van der Waals surface area contributed by atoms with Gasteiger partial charge in [-0.1, -0.05) is 17.7 Å². The molecular formula is C14H18ClNO3. The van der Waals surface area contributed by atoms with Crippen LogP contribution in [-0.4, -0.2) is 37.9 Å². The van der Waals surface area contributed by atoms with Crippen molar-refractivity contribution in [1.82, 2.24) is 0 Å². The van der Waals surface area contributed by atoms with Gasteiger partial charge in [0.15, 0.2) is 0 Å². The largest absolute Gasteiger partial charge is 0.478 e. The van der Waals surface area contributed by atoms with Crippen LogP contribution in [0.15, 0.2) is 18.2 Å². The summed E-state index contributed by atoms with van der Waals surface area (Å²) in [7, 11) is 1.91. The second-order valence-corrected chi connectivity index (χ2v) is 5.28. The third kappa shape index (κ3) is 3.39. The van der Waals surface area contributed by atoms with Gasteiger partial charge in [0.25, 0.3) is 0 Å². The summed E-state index contributed by atoms with van der Waals surface area (Å²) in [6.45, 7) is 2.41. The van der Waals surface area contributed by atoms with E-state index in [1.807, 2.05) is 11.9 Å². The van der Waals surface area contributed by atoms with Gasteiger partial charge in [0.2, 0.25) is 0 Å². The van der Waals surface area contributed by atoms with Crippen LogP contribution < -0.4 is 4.90 Å². The van der Waals surface area contributed by atoms with Crippen LogP contribution >= 0.6 is 11.6 Å². The molecule has 0 atom stereocenters. The fourth-order valence-electron chi connectivity index (χ4n) is 2.46. The number of halogens is 1. The van der Waals surface area contributed by atoms with E-state index in [1.54, 1.807) is 18.2 Å². The van der Waals surface area contributed by atoms with Crippen LogP contribution in [0.5, 0.6) is 0 Å². The molecule has 0 amide bonds. The van der Waals surface area contributed by atoms with Crippen molar-refractivity contribution in [2.24, 2.45) is 5.92 Å². The molecule has 2 rings (SSSR count). The van der Waals surface area contributed by atoms with Crippen molar-refractivity contribution >= 4 is 23.3 Å². The maximum Gasteiger partial charge on any atom is 0.339 e. The van der Waals surface area contributed by atoms with Crippen molar-refractivity contribution in [2.75, 3.05) is 31.7 Å². The maximum absolute atomic E-state index is 11.3. The summed E-state index contributed by atoms with van der Waals surface area (Å²) < 4.78 is 5.33. The molecule has 0 bridgehead atoms. The number of carbonyl (C=O) groups is 1. The van der Waals surface area contributed by atoms with Crippen LogP contribution in [0.2, 0.25) is 5.02 Å². The predicted molar refractivity (Wildman–Crippen MR) is 75.2 cm³/mol. The fraction of sp³-hybridized carbons (Fsp3) is 0.500. The lowest BCUT2D eigenvalue weighted by Gasteiger charge is -2.29. The molecule has 1 saturated heterocycles. The van der Waals surface area contributed by atoms with Gasteiger partial charge in [-0.05, 0) is 30.9 Å². The van der Waals surface area contributed by atoms with Crippen LogP contribution in [0, 0.1) is 5.92 Å². The molecule has 0 aliphatic carbocycles. The second-order valence-electron chi connectivity index (χ2n) is 4.88. The van der Waals surface area contributed by atoms with Gasteiger partial charge in [-0.3, -0.25) is 0 Å². The summed E-state index contributed by atoms with van der Waals surface area (Å²) in [4.78, 5) is 13.3. The molecule has 19 heavy (non-hydrogen) atoms. The van der Waals surface area contributed by atoms with E-state index in [1.165, 1.54) is 0 Å². The standard InChI is InChI=1S/C14H18ClNO3/c1-16(9-10-5-7-19-8-6-10)12-4-2-3-11(15)13(12)14(17)18/h2-4,10H,5-9H2,1H3,(H,17,18). The van der Waals surface area contributed by atoms with Crippen molar-refractivity contribution < 1.29 is 14.6 Å². The minimum absolute atomic E-state index is 0.179. The Labute approximate surface area is 117 Å². The lowest BCUT2D eigenvalue weighted by atomic mass is 9.99. The molecule has 1 aromatic rings. The monoisotopic (exact) mass is 283 g/mol. The Morgan fingerprint density at radius 2 is 2.16 bits per heavy atom. The molecule has 0 unspecified atom stereocenters. The van der Waals surface area contributed by atoms with Crippen molar-refractivity contribution in [3.8, 4) is 0 Å². The van der Waals surface area contributed by atoms with E-state index < -0.39 is 5.97 Å². The highest BCUT2D eigenvalue weighted by Crippen LogP contribution is 2.28. The number of hydrogen-bond donors (Lipinski definition) is 1. The maximum atomic E-state index is 11.3. The Kier molecular flexibility index (Phi) is 4.66. The number of carboxylic acid groups (broad SMARTS) is 1. The SMILES string of the molecule is CN(CC1CCOCC1)c1cccc(Cl)c1C(=O)O. The van der Waals surface area contributed by atoms with Crippen molar-refractivity contribution in [1.29, 1.82) is 0 Å². The first kappa shape index (κ1) is 14.2. The summed E-state index contributed by atoms with van der Waals surface area (Å²) in [5, 5.41) is 9.55. The van der Waals surface area contributed by atoms with Crippen LogP contribution in [0.25, 0.3) is 0 Å². The van der Waals surface area contributed by atoms with E-state index in [4.69, 9.17) is 16.3 Å². The average molecular weight is 284 g/mol. The van der Waals surface area contributed by atoms with Crippen LogP contribution in [0.4, 0.5) is 5.69 Å². The highest BCUT2D eigenvalue weighted by atomic mass is 35.5. The van der Waals surface area contributed by atoms with Gasteiger partial charge in [0, 0.05) is 26.8 Å². The third-order valence-corrected chi connectivity index (χ3v) is 3.80. The summed E-state index contributed by atoms with van der Waals surface area (Å²) >= 11 is 5.98. The van der Waals surface area contributed by atoms with Gasteiger partial charge in [-0.2, -0.15) is 0 Å². The molecule has 1 heterocycles. The molecule has 1 aromatic carbocycles. The number of anilines is 1. The van der Waals surface area contributed by atoms with Gasteiger partial charge in [-0.15, -0.1) is 0 Å². The van der Waals surface area contributed by atoms with Gasteiger partial charge in [-0.25, -0.2) is 4.79 Å². The quantitative estimate of drug-likeness (QED) is 0.923. The Hall–Kier alpha value is -1.26. The molecule has 1 fully saturated rings. The number of benzene rings is 1. The minimum Gasteiger partial charge on any atom is -0.478 e. The summed E-state index contributed by atoms with van der Waals surface area (Å²) in [5.74, 6) is -0.446. The van der Waals surface area contributed by atoms with E-state index in [0.29, 0.717) is 11.6 Å². The lowest BCUT2D eigenvalue weighted by molar-refractivity contribution is 0.0678. The Bertz CT molecular complexity index is 458. The highest BCUT2D eigenvalue weighted by Gasteiger charge is 2.20. The van der Waals surface area contributed by atoms with Crippen LogP contribution in [0.3, 0.4) is 0 Å². The Balaban J connectivity index is 2.16. The van der Waals surface area contributed by atoms with E-state index >= 15 is 0 Å². The molecule has 4 nitrogen and oxygen atoms in total. The topological polar surface area (TPSA) is 49.8 Å². The molecule has 1 aliphatic heterocycles. The molecule has 104 valence electrons. The van der Waals surface area contributed by atoms with E-state index in [0.717, 1.165) is 32.6 Å². The number of nitrogens with zero attached hydrogens (tertiary/aromatic N) is 1. The third-order valence-electron chi connectivity index (χ3n) is 3.49. The number of aromatic carboxylic acids is 1. The minimum atomic E-state index is -0.987. The van der Waals surface area contributed by atoms with Crippen molar-refractivity contribution in [3.63, 3.8) is 0 Å². The molecule has 1 N–H and O–H groups in total. The van der Waals surface area contributed by atoms with Crippen molar-refractivity contribution in [2.45, 2.75) is 12.8 Å². The second kappa shape index (κ2) is 6.26. The van der Waals surface area contributed by atoms with Crippen LogP contribution in [0.1, 0.15) is 23.2 Å². The molecular weight excluding hydrogens is 266 g/mol. The first-order valence-corrected chi connectivity index (χ1v) is 6.78. The number of hydrogen-bond acceptors (Lipinski definition) is 3. The van der Waals surface area contributed by atoms with E-state index in [-0.39, 0.29) is 10.6 Å². The Morgan fingerprint density at radius 3 is 2.79 bits per heavy atom. The summed E-state index contributed by atoms with van der Waals surface area (Å²) in [6, 6.07) is 5.19. The highest BCUT2D eigenvalue weighted by molar-refractivity contribution is 6.34. The molecule has 0 aromatic heterocycles. The normalized spacial score (nSPS) is 16.3. The number of ether oxygens (including phenoxy) is 1. The fourth-order valence-corrected chi connectivity index (χ4v) is 2.71. The van der Waals surface area contributed by atoms with Crippen molar-refractivity contribution in [3.05, 3.63) is 28.8 Å². The summed E-state index contributed by atoms with van der Waals surface area (Å²) in [6.07, 6.45) is 2.04. The predicted octanol–water partition coefficient (Wildman–Crippen LogP) is 2.90. The number of carboxylic acids is 1. The molecule has 5 heteroatoms. The summed E-state index contributed by atoms with van der Waals surface area (Å²) in [5.41, 5.74) is 0.852. The molecule has 0 radical (unpaired) electrons. The first-order chi connectivity index (χ1) is 9.09. The lowest BCUT2D eigenvalue weighted by Crippen LogP contribution is -2.30. The van der Waals surface area contributed by atoms with Gasteiger partial charge < -0.3 is 14.7 Å². The van der Waals surface area contributed by atoms with Gasteiger partial charge >= 0.3 is 5.97 Å². The Morgan fingerprint density at radius 1 is 1.47 bits per heavy atom. The zero-order chi connectivity index (χ0) is 13.8. The molecule has 0 spiro atoms. The molecule has 0 saturated carbocycles.